The molecule has 6 nitrogen and oxygen atoms in total. The summed E-state index contributed by atoms with van der Waals surface area (Å²) in [7, 11) is 4.78. The van der Waals surface area contributed by atoms with Crippen LogP contribution >= 0.6 is 0 Å². The summed E-state index contributed by atoms with van der Waals surface area (Å²) in [5.74, 6) is 0.0461. The zero-order valence-corrected chi connectivity index (χ0v) is 10.9. The van der Waals surface area contributed by atoms with E-state index < -0.39 is 5.97 Å². The van der Waals surface area contributed by atoms with Crippen LogP contribution in [0.1, 0.15) is 10.5 Å². The Balaban J connectivity index is 2.84. The maximum Gasteiger partial charge on any atom is 0.354 e. The van der Waals surface area contributed by atoms with Gasteiger partial charge in [0.1, 0.15) is 11.5 Å². The molecule has 0 aliphatic heterocycles. The van der Waals surface area contributed by atoms with Crippen molar-refractivity contribution in [3.05, 3.63) is 23.9 Å². The Morgan fingerprint density at radius 2 is 2.00 bits per heavy atom. The van der Waals surface area contributed by atoms with Crippen molar-refractivity contribution in [3.63, 3.8) is 0 Å². The number of anilines is 1. The Morgan fingerprint density at radius 1 is 1.26 bits per heavy atom. The van der Waals surface area contributed by atoms with Crippen LogP contribution in [-0.2, 0) is 0 Å². The number of methoxy groups -OCH3 is 2. The van der Waals surface area contributed by atoms with Crippen molar-refractivity contribution in [1.82, 2.24) is 4.98 Å². The highest BCUT2D eigenvalue weighted by atomic mass is 16.5. The maximum atomic E-state index is 11.1. The Bertz CT molecular complexity index is 640. The summed E-state index contributed by atoms with van der Waals surface area (Å²) < 4.78 is 10.5. The number of aromatic carboxylic acids is 1. The minimum Gasteiger partial charge on any atom is -0.497 e. The zero-order valence-electron chi connectivity index (χ0n) is 10.9. The van der Waals surface area contributed by atoms with E-state index in [1.165, 1.54) is 13.2 Å². The number of hydrogen-bond acceptors (Lipinski definition) is 5. The molecule has 0 spiro atoms. The third-order valence-corrected chi connectivity index (χ3v) is 2.79. The van der Waals surface area contributed by atoms with E-state index in [4.69, 9.17) is 14.6 Å². The number of rotatable bonds is 4. The largest absolute Gasteiger partial charge is 0.497 e. The van der Waals surface area contributed by atoms with Gasteiger partial charge in [-0.1, -0.05) is 0 Å². The second-order valence-corrected chi connectivity index (χ2v) is 3.83. The number of nitrogens with zero attached hydrogens (tertiary/aromatic N) is 1. The minimum atomic E-state index is -1.08. The van der Waals surface area contributed by atoms with E-state index in [1.807, 2.05) is 0 Å². The Morgan fingerprint density at radius 3 is 2.53 bits per heavy atom. The molecule has 0 aliphatic rings. The Hall–Kier alpha value is -2.50. The van der Waals surface area contributed by atoms with Crippen molar-refractivity contribution in [2.45, 2.75) is 0 Å². The molecule has 2 aromatic rings. The monoisotopic (exact) mass is 262 g/mol. The number of hydrogen-bond donors (Lipinski definition) is 2. The summed E-state index contributed by atoms with van der Waals surface area (Å²) in [6.07, 6.45) is 0. The SMILES string of the molecule is CNc1cc(C(=O)O)nc2cc(OC)cc(OC)c12. The fourth-order valence-electron chi connectivity index (χ4n) is 1.89. The van der Waals surface area contributed by atoms with Crippen molar-refractivity contribution in [2.24, 2.45) is 0 Å². The molecule has 0 atom stereocenters. The second-order valence-electron chi connectivity index (χ2n) is 3.83. The maximum absolute atomic E-state index is 11.1. The lowest BCUT2D eigenvalue weighted by Crippen LogP contribution is -2.04. The molecule has 2 rings (SSSR count). The number of benzene rings is 1. The van der Waals surface area contributed by atoms with Crippen LogP contribution in [0.5, 0.6) is 11.5 Å². The molecule has 1 heterocycles. The van der Waals surface area contributed by atoms with Gasteiger partial charge >= 0.3 is 5.97 Å². The molecular weight excluding hydrogens is 248 g/mol. The van der Waals surface area contributed by atoms with Crippen LogP contribution in [0.2, 0.25) is 0 Å². The molecule has 0 saturated heterocycles. The van der Waals surface area contributed by atoms with Crippen molar-refractivity contribution < 1.29 is 19.4 Å². The first-order valence-corrected chi connectivity index (χ1v) is 5.58. The van der Waals surface area contributed by atoms with Gasteiger partial charge in [-0.2, -0.15) is 0 Å². The molecule has 0 aliphatic carbocycles. The molecule has 0 bridgehead atoms. The van der Waals surface area contributed by atoms with Gasteiger partial charge in [0.25, 0.3) is 0 Å². The van der Waals surface area contributed by atoms with Crippen LogP contribution in [0.4, 0.5) is 5.69 Å². The lowest BCUT2D eigenvalue weighted by molar-refractivity contribution is 0.0691. The van der Waals surface area contributed by atoms with E-state index >= 15 is 0 Å². The molecule has 0 radical (unpaired) electrons. The fraction of sp³-hybridized carbons (Fsp3) is 0.231. The van der Waals surface area contributed by atoms with E-state index in [9.17, 15) is 4.79 Å². The number of carboxylic acid groups (broad SMARTS) is 1. The summed E-state index contributed by atoms with van der Waals surface area (Å²) in [6.45, 7) is 0. The smallest absolute Gasteiger partial charge is 0.354 e. The summed E-state index contributed by atoms with van der Waals surface area (Å²) in [5.41, 5.74) is 1.11. The molecule has 6 heteroatoms. The molecule has 1 aromatic heterocycles. The van der Waals surface area contributed by atoms with Gasteiger partial charge in [0, 0.05) is 24.9 Å². The van der Waals surface area contributed by atoms with Gasteiger partial charge in [-0.3, -0.25) is 0 Å². The topological polar surface area (TPSA) is 80.7 Å². The number of aromatic nitrogens is 1. The van der Waals surface area contributed by atoms with E-state index in [-0.39, 0.29) is 5.69 Å². The average Bonchev–Trinajstić information content (AvgIpc) is 2.44. The van der Waals surface area contributed by atoms with E-state index in [1.54, 1.807) is 26.3 Å². The standard InChI is InChI=1S/C13H14N2O4/c1-14-8-6-10(13(16)17)15-9-4-7(18-2)5-11(19-3)12(8)9/h4-6H,1-3H3,(H,14,15)(H,16,17). The average molecular weight is 262 g/mol. The lowest BCUT2D eigenvalue weighted by Gasteiger charge is -2.12. The van der Waals surface area contributed by atoms with Crippen molar-refractivity contribution >= 4 is 22.6 Å². The highest BCUT2D eigenvalue weighted by Crippen LogP contribution is 2.35. The first-order chi connectivity index (χ1) is 9.10. The zero-order chi connectivity index (χ0) is 14.0. The lowest BCUT2D eigenvalue weighted by atomic mass is 10.1. The number of fused-ring (bicyclic) bond motifs is 1. The van der Waals surface area contributed by atoms with Crippen molar-refractivity contribution in [2.75, 3.05) is 26.6 Å². The van der Waals surface area contributed by atoms with Gasteiger partial charge in [0.2, 0.25) is 0 Å². The summed E-state index contributed by atoms with van der Waals surface area (Å²) in [5, 5.41) is 12.7. The van der Waals surface area contributed by atoms with Gasteiger partial charge in [0.05, 0.1) is 25.1 Å². The Kier molecular flexibility index (Phi) is 3.41. The molecule has 0 fully saturated rings. The minimum absolute atomic E-state index is 0.0350. The van der Waals surface area contributed by atoms with Crippen LogP contribution in [0.25, 0.3) is 10.9 Å². The van der Waals surface area contributed by atoms with Crippen LogP contribution in [0, 0.1) is 0 Å². The molecule has 19 heavy (non-hydrogen) atoms. The Labute approximate surface area is 110 Å². The molecule has 100 valence electrons. The second kappa shape index (κ2) is 5.01. The molecule has 0 unspecified atom stereocenters. The molecule has 1 aromatic carbocycles. The number of ether oxygens (including phenoxy) is 2. The first kappa shape index (κ1) is 12.9. The molecule has 0 amide bonds. The van der Waals surface area contributed by atoms with Gasteiger partial charge < -0.3 is 19.9 Å². The van der Waals surface area contributed by atoms with Crippen LogP contribution < -0.4 is 14.8 Å². The quantitative estimate of drug-likeness (QED) is 0.877. The molecule has 2 N–H and O–H groups in total. The molecular formula is C13H14N2O4. The summed E-state index contributed by atoms with van der Waals surface area (Å²) in [4.78, 5) is 15.2. The summed E-state index contributed by atoms with van der Waals surface area (Å²) >= 11 is 0. The van der Waals surface area contributed by atoms with E-state index in [0.29, 0.717) is 22.7 Å². The molecule has 0 saturated carbocycles. The van der Waals surface area contributed by atoms with E-state index in [0.717, 1.165) is 5.39 Å². The number of carbonyl (C=O) groups is 1. The van der Waals surface area contributed by atoms with Crippen LogP contribution in [0.3, 0.4) is 0 Å². The van der Waals surface area contributed by atoms with Crippen molar-refractivity contribution in [3.8, 4) is 11.5 Å². The predicted molar refractivity (Wildman–Crippen MR) is 71.4 cm³/mol. The van der Waals surface area contributed by atoms with Crippen LogP contribution in [0.15, 0.2) is 18.2 Å². The third kappa shape index (κ3) is 2.24. The normalized spacial score (nSPS) is 10.3. The van der Waals surface area contributed by atoms with Gasteiger partial charge in [-0.05, 0) is 6.07 Å². The van der Waals surface area contributed by atoms with Gasteiger partial charge in [-0.15, -0.1) is 0 Å². The highest BCUT2D eigenvalue weighted by molar-refractivity contribution is 6.01. The van der Waals surface area contributed by atoms with Crippen LogP contribution in [-0.4, -0.2) is 37.3 Å². The first-order valence-electron chi connectivity index (χ1n) is 5.58. The number of carboxylic acids is 1. The predicted octanol–water partition coefficient (Wildman–Crippen LogP) is 1.99. The fourth-order valence-corrected chi connectivity index (χ4v) is 1.89. The van der Waals surface area contributed by atoms with Gasteiger partial charge in [-0.25, -0.2) is 9.78 Å². The number of pyridine rings is 1. The summed E-state index contributed by atoms with van der Waals surface area (Å²) in [6, 6.07) is 4.87. The van der Waals surface area contributed by atoms with Gasteiger partial charge in [0.15, 0.2) is 5.69 Å². The highest BCUT2D eigenvalue weighted by Gasteiger charge is 2.15. The van der Waals surface area contributed by atoms with Crippen molar-refractivity contribution in [1.29, 1.82) is 0 Å². The third-order valence-electron chi connectivity index (χ3n) is 2.79. The number of nitrogens with one attached hydrogen (secondary N) is 1. The van der Waals surface area contributed by atoms with E-state index in [2.05, 4.69) is 10.3 Å².